The molecule has 0 radical (unpaired) electrons. The van der Waals surface area contributed by atoms with E-state index in [0.29, 0.717) is 60.9 Å². The van der Waals surface area contributed by atoms with Gasteiger partial charge in [0.05, 0.1) is 32.7 Å². The molecule has 4 N–H and O–H groups in total. The molecule has 7 nitrogen and oxygen atoms in total. The fraction of sp³-hybridized carbons (Fsp3) is 0.594. The van der Waals surface area contributed by atoms with Gasteiger partial charge in [0.15, 0.2) is 5.60 Å². The van der Waals surface area contributed by atoms with E-state index in [4.69, 9.17) is 28.2 Å². The molecule has 2 heterocycles. The van der Waals surface area contributed by atoms with Crippen molar-refractivity contribution in [3.8, 4) is 0 Å². The van der Waals surface area contributed by atoms with Crippen LogP contribution in [-0.2, 0) is 20.1 Å². The van der Waals surface area contributed by atoms with Crippen LogP contribution in [0.25, 0.3) is 11.0 Å². The molecular formula is C32H38Cl2F6N6O. The number of nitrogens with one attached hydrogen (secondary N) is 3. The number of aromatic nitrogens is 2. The van der Waals surface area contributed by atoms with Crippen LogP contribution < -0.4 is 20.9 Å². The first-order valence-electron chi connectivity index (χ1n) is 15.8. The number of rotatable bonds is 10. The number of hydrogen-bond donors (Lipinski definition) is 4. The van der Waals surface area contributed by atoms with Crippen molar-refractivity contribution < 1.29 is 31.4 Å². The molecule has 3 aliphatic rings. The van der Waals surface area contributed by atoms with Crippen molar-refractivity contribution in [1.29, 1.82) is 0 Å². The molecule has 0 bridgehead atoms. The lowest BCUT2D eigenvalue weighted by molar-refractivity contribution is -0.250. The summed E-state index contributed by atoms with van der Waals surface area (Å²) in [6.07, 6.45) is -6.47. The number of imidazole rings is 1. The molecule has 2 saturated carbocycles. The number of hydrogen-bond acceptors (Lipinski definition) is 6. The Morgan fingerprint density at radius 2 is 1.64 bits per heavy atom. The van der Waals surface area contributed by atoms with Crippen LogP contribution in [0.1, 0.15) is 50.2 Å². The molecule has 2 aromatic carbocycles. The summed E-state index contributed by atoms with van der Waals surface area (Å²) in [5.74, 6) is 0.602. The second kappa shape index (κ2) is 12.8. The predicted molar refractivity (Wildman–Crippen MR) is 171 cm³/mol. The van der Waals surface area contributed by atoms with E-state index in [1.807, 2.05) is 17.7 Å². The third-order valence-electron chi connectivity index (χ3n) is 9.98. The Morgan fingerprint density at radius 3 is 2.28 bits per heavy atom. The summed E-state index contributed by atoms with van der Waals surface area (Å²) in [5.41, 5.74) is 1.58. The van der Waals surface area contributed by atoms with Gasteiger partial charge < -0.3 is 30.5 Å². The highest BCUT2D eigenvalue weighted by Gasteiger charge is 2.49. The van der Waals surface area contributed by atoms with Crippen molar-refractivity contribution in [2.24, 2.45) is 24.8 Å². The van der Waals surface area contributed by atoms with E-state index in [9.17, 15) is 31.4 Å². The Bertz CT molecular complexity index is 1610. The number of alkyl halides is 6. The Hall–Kier alpha value is -2.45. The van der Waals surface area contributed by atoms with E-state index in [-0.39, 0.29) is 35.5 Å². The zero-order chi connectivity index (χ0) is 33.9. The molecule has 3 aromatic rings. The normalized spacial score (nSPS) is 24.4. The maximum atomic E-state index is 13.2. The lowest BCUT2D eigenvalue weighted by Gasteiger charge is -2.31. The zero-order valence-electron chi connectivity index (χ0n) is 26.0. The fourth-order valence-electron chi connectivity index (χ4n) is 6.79. The van der Waals surface area contributed by atoms with E-state index >= 15 is 0 Å². The van der Waals surface area contributed by atoms with E-state index in [0.717, 1.165) is 29.9 Å². The van der Waals surface area contributed by atoms with Gasteiger partial charge in [0.2, 0.25) is 5.95 Å². The highest BCUT2D eigenvalue weighted by molar-refractivity contribution is 6.39. The van der Waals surface area contributed by atoms with Crippen molar-refractivity contribution in [2.45, 2.75) is 76.1 Å². The van der Waals surface area contributed by atoms with Gasteiger partial charge in [-0.15, -0.1) is 0 Å². The Kier molecular flexibility index (Phi) is 9.36. The van der Waals surface area contributed by atoms with Crippen LogP contribution in [0.2, 0.25) is 10.0 Å². The van der Waals surface area contributed by atoms with E-state index in [1.54, 1.807) is 12.1 Å². The van der Waals surface area contributed by atoms with Crippen LogP contribution in [0.15, 0.2) is 24.3 Å². The minimum atomic E-state index is -4.79. The summed E-state index contributed by atoms with van der Waals surface area (Å²) >= 11 is 13.2. The number of aliphatic hydroxyl groups is 1. The molecule has 3 unspecified atom stereocenters. The SMILES string of the molecule is Cn1c(Nc2c(Cl)ccc(CNCC(C)(O)C(F)(F)F)c2Cl)nc2cc(CNC3CCC(C(F)(F)F)CC3)c(N3CC4CC4C3)cc21. The van der Waals surface area contributed by atoms with Gasteiger partial charge in [-0.25, -0.2) is 4.98 Å². The Labute approximate surface area is 279 Å². The van der Waals surface area contributed by atoms with Crippen LogP contribution in [0.4, 0.5) is 43.7 Å². The summed E-state index contributed by atoms with van der Waals surface area (Å²) in [6.45, 7) is 2.36. The maximum Gasteiger partial charge on any atom is 0.418 e. The molecule has 1 saturated heterocycles. The minimum absolute atomic E-state index is 0.00993. The fourth-order valence-corrected chi connectivity index (χ4v) is 7.32. The average Bonchev–Trinajstić information content (AvgIpc) is 3.48. The van der Waals surface area contributed by atoms with Gasteiger partial charge in [0, 0.05) is 51.5 Å². The molecule has 15 heteroatoms. The number of nitrogens with zero attached hydrogens (tertiary/aromatic N) is 3. The number of piperidine rings is 1. The molecule has 1 aromatic heterocycles. The predicted octanol–water partition coefficient (Wildman–Crippen LogP) is 7.69. The summed E-state index contributed by atoms with van der Waals surface area (Å²) in [4.78, 5) is 7.20. The molecule has 3 atom stereocenters. The van der Waals surface area contributed by atoms with Gasteiger partial charge in [-0.1, -0.05) is 29.3 Å². The largest absolute Gasteiger partial charge is 0.418 e. The molecule has 6 rings (SSSR count). The van der Waals surface area contributed by atoms with Crippen LogP contribution in [0.5, 0.6) is 0 Å². The van der Waals surface area contributed by atoms with Crippen LogP contribution in [-0.4, -0.2) is 58.3 Å². The average molecular weight is 708 g/mol. The van der Waals surface area contributed by atoms with Crippen molar-refractivity contribution in [3.63, 3.8) is 0 Å². The number of fused-ring (bicyclic) bond motifs is 2. The highest BCUT2D eigenvalue weighted by atomic mass is 35.5. The van der Waals surface area contributed by atoms with Crippen molar-refractivity contribution in [1.82, 2.24) is 20.2 Å². The first-order valence-corrected chi connectivity index (χ1v) is 16.6. The third-order valence-corrected chi connectivity index (χ3v) is 10.7. The quantitative estimate of drug-likeness (QED) is 0.162. The van der Waals surface area contributed by atoms with Gasteiger partial charge in [0.1, 0.15) is 0 Å². The number of anilines is 3. The van der Waals surface area contributed by atoms with Gasteiger partial charge in [-0.05, 0) is 80.2 Å². The number of aryl methyl sites for hydroxylation is 1. The molecular weight excluding hydrogens is 669 g/mol. The van der Waals surface area contributed by atoms with Gasteiger partial charge in [0.25, 0.3) is 0 Å². The van der Waals surface area contributed by atoms with Crippen molar-refractivity contribution >= 4 is 51.6 Å². The molecule has 47 heavy (non-hydrogen) atoms. The van der Waals surface area contributed by atoms with Crippen LogP contribution in [0, 0.1) is 17.8 Å². The molecule has 0 amide bonds. The first kappa shape index (κ1) is 34.4. The summed E-state index contributed by atoms with van der Waals surface area (Å²) < 4.78 is 80.6. The van der Waals surface area contributed by atoms with E-state index in [2.05, 4.69) is 26.9 Å². The van der Waals surface area contributed by atoms with Crippen LogP contribution in [0.3, 0.4) is 0 Å². The highest BCUT2D eigenvalue weighted by Crippen LogP contribution is 2.47. The third kappa shape index (κ3) is 7.29. The molecule has 2 aliphatic carbocycles. The van der Waals surface area contributed by atoms with Gasteiger partial charge in [-0.3, -0.25) is 0 Å². The second-order valence-electron chi connectivity index (χ2n) is 13.5. The lowest BCUT2D eigenvalue weighted by Crippen LogP contribution is -2.49. The smallest absolute Gasteiger partial charge is 0.380 e. The Balaban J connectivity index is 1.21. The number of halogens is 8. The second-order valence-corrected chi connectivity index (χ2v) is 14.3. The molecule has 3 fully saturated rings. The zero-order valence-corrected chi connectivity index (χ0v) is 27.5. The summed E-state index contributed by atoms with van der Waals surface area (Å²) in [7, 11) is 1.85. The van der Waals surface area contributed by atoms with Crippen molar-refractivity contribution in [2.75, 3.05) is 29.9 Å². The summed E-state index contributed by atoms with van der Waals surface area (Å²) in [5, 5.41) is 19.6. The van der Waals surface area contributed by atoms with Gasteiger partial charge in [-0.2, -0.15) is 26.3 Å². The maximum absolute atomic E-state index is 13.2. The minimum Gasteiger partial charge on any atom is -0.380 e. The van der Waals surface area contributed by atoms with E-state index < -0.39 is 30.4 Å². The summed E-state index contributed by atoms with van der Waals surface area (Å²) in [6, 6.07) is 7.31. The van der Waals surface area contributed by atoms with Crippen molar-refractivity contribution in [3.05, 3.63) is 45.4 Å². The monoisotopic (exact) mass is 706 g/mol. The van der Waals surface area contributed by atoms with E-state index in [1.165, 1.54) is 6.42 Å². The van der Waals surface area contributed by atoms with Crippen LogP contribution >= 0.6 is 23.2 Å². The topological polar surface area (TPSA) is 77.4 Å². The number of benzene rings is 2. The molecule has 1 aliphatic heterocycles. The van der Waals surface area contributed by atoms with Gasteiger partial charge >= 0.3 is 12.4 Å². The Morgan fingerprint density at radius 1 is 0.957 bits per heavy atom. The first-order chi connectivity index (χ1) is 22.0. The molecule has 0 spiro atoms. The molecule has 258 valence electrons. The lowest BCUT2D eigenvalue weighted by atomic mass is 9.85. The standard InChI is InChI=1S/C32H38Cl2F6N6O/c1-30(47,32(38,39)40)16-41-12-17-3-8-23(33)28(27(17)34)44-29-43-24-10-18(13-42-22-6-4-21(5-7-22)31(35,36)37)25(11-26(24)45(29)2)46-14-19-9-20(19)15-46/h3,8,10-11,19-22,41-42,47H,4-7,9,12-16H2,1-2H3,(H,43,44).